The van der Waals surface area contributed by atoms with Gasteiger partial charge in [0.1, 0.15) is 10.3 Å². The predicted octanol–water partition coefficient (Wildman–Crippen LogP) is 4.20. The third-order valence-electron chi connectivity index (χ3n) is 4.31. The summed E-state index contributed by atoms with van der Waals surface area (Å²) in [4.78, 5) is 24.8. The average Bonchev–Trinajstić information content (AvgIpc) is 3.06. The fourth-order valence-electron chi connectivity index (χ4n) is 3.07. The van der Waals surface area contributed by atoms with E-state index < -0.39 is 0 Å². The fraction of sp³-hybridized carbons (Fsp3) is 0.278. The summed E-state index contributed by atoms with van der Waals surface area (Å²) < 4.78 is 0. The number of fused-ring (bicyclic) bond motifs is 1. The molecule has 3 aromatic rings. The quantitative estimate of drug-likeness (QED) is 0.748. The Kier molecular flexibility index (Phi) is 4.55. The maximum Gasteiger partial charge on any atom is 0.229 e. The molecule has 1 aromatic carbocycles. The molecule has 5 nitrogen and oxygen atoms in total. The molecule has 0 radical (unpaired) electrons. The van der Waals surface area contributed by atoms with E-state index in [-0.39, 0.29) is 11.8 Å². The van der Waals surface area contributed by atoms with Gasteiger partial charge in [0.2, 0.25) is 5.91 Å². The third kappa shape index (κ3) is 3.60. The maximum atomic E-state index is 12.6. The monoisotopic (exact) mass is 372 g/mol. The number of hydrogen-bond donors (Lipinski definition) is 1. The van der Waals surface area contributed by atoms with E-state index in [0.29, 0.717) is 11.6 Å². The Morgan fingerprint density at radius 2 is 2.24 bits per heavy atom. The highest BCUT2D eigenvalue weighted by atomic mass is 35.5. The van der Waals surface area contributed by atoms with Crippen molar-refractivity contribution < 1.29 is 4.79 Å². The second kappa shape index (κ2) is 6.98. The lowest BCUT2D eigenvalue weighted by atomic mass is 9.97. The van der Waals surface area contributed by atoms with Crippen molar-refractivity contribution in [3.05, 3.63) is 47.6 Å². The van der Waals surface area contributed by atoms with E-state index >= 15 is 0 Å². The Morgan fingerprint density at radius 1 is 1.32 bits per heavy atom. The van der Waals surface area contributed by atoms with Crippen LogP contribution in [0.4, 0.5) is 10.8 Å². The molecule has 25 heavy (non-hydrogen) atoms. The number of amides is 1. The van der Waals surface area contributed by atoms with Gasteiger partial charge in [0.25, 0.3) is 0 Å². The first kappa shape index (κ1) is 16.3. The van der Waals surface area contributed by atoms with Crippen LogP contribution in [-0.2, 0) is 4.79 Å². The topological polar surface area (TPSA) is 58.1 Å². The number of carbonyl (C=O) groups is 1. The minimum atomic E-state index is -0.0623. The molecule has 0 saturated carbocycles. The standard InChI is InChI=1S/C18H17ClN4OS/c19-13-5-1-6-14(10-13)21-16(24)12-4-3-9-23(11-12)18-22-15-7-2-8-20-17(15)25-18/h1-2,5-8,10,12H,3-4,9,11H2,(H,21,24). The van der Waals surface area contributed by atoms with Gasteiger partial charge in [0.15, 0.2) is 5.13 Å². The number of piperidine rings is 1. The van der Waals surface area contributed by atoms with Crippen molar-refractivity contribution in [1.82, 2.24) is 9.97 Å². The van der Waals surface area contributed by atoms with E-state index in [2.05, 4.69) is 20.2 Å². The number of anilines is 2. The van der Waals surface area contributed by atoms with Crippen LogP contribution in [0.1, 0.15) is 12.8 Å². The van der Waals surface area contributed by atoms with Gasteiger partial charge in [-0.3, -0.25) is 4.79 Å². The average molecular weight is 373 g/mol. The summed E-state index contributed by atoms with van der Waals surface area (Å²) in [5.41, 5.74) is 1.65. The molecule has 1 aliphatic rings. The van der Waals surface area contributed by atoms with Crippen LogP contribution in [-0.4, -0.2) is 29.0 Å². The number of pyridine rings is 1. The van der Waals surface area contributed by atoms with Crippen LogP contribution in [0.3, 0.4) is 0 Å². The second-order valence-corrected chi connectivity index (χ2v) is 7.50. The molecule has 0 aliphatic carbocycles. The molecule has 128 valence electrons. The first-order valence-electron chi connectivity index (χ1n) is 8.22. The minimum absolute atomic E-state index is 0.0335. The van der Waals surface area contributed by atoms with Crippen molar-refractivity contribution >= 4 is 50.0 Å². The molecule has 1 aliphatic heterocycles. The van der Waals surface area contributed by atoms with Crippen molar-refractivity contribution in [2.45, 2.75) is 12.8 Å². The number of halogens is 1. The lowest BCUT2D eigenvalue weighted by molar-refractivity contribution is -0.120. The Labute approximate surface area is 154 Å². The molecule has 1 atom stereocenters. The first-order chi connectivity index (χ1) is 12.2. The number of thiazole rings is 1. The Bertz CT molecular complexity index is 880. The molecule has 0 bridgehead atoms. The molecule has 0 spiro atoms. The maximum absolute atomic E-state index is 12.6. The lowest BCUT2D eigenvalue weighted by Gasteiger charge is -2.31. The number of hydrogen-bond acceptors (Lipinski definition) is 5. The first-order valence-corrected chi connectivity index (χ1v) is 9.41. The Balaban J connectivity index is 1.47. The van der Waals surface area contributed by atoms with E-state index in [9.17, 15) is 4.79 Å². The summed E-state index contributed by atoms with van der Waals surface area (Å²) in [6, 6.07) is 11.1. The Morgan fingerprint density at radius 3 is 3.08 bits per heavy atom. The lowest BCUT2D eigenvalue weighted by Crippen LogP contribution is -2.40. The highest BCUT2D eigenvalue weighted by Crippen LogP contribution is 2.30. The molecule has 1 fully saturated rings. The number of nitrogens with zero attached hydrogens (tertiary/aromatic N) is 3. The zero-order valence-electron chi connectivity index (χ0n) is 13.5. The minimum Gasteiger partial charge on any atom is -0.347 e. The molecule has 1 unspecified atom stereocenters. The fourth-order valence-corrected chi connectivity index (χ4v) is 4.20. The van der Waals surface area contributed by atoms with E-state index in [1.807, 2.05) is 24.3 Å². The van der Waals surface area contributed by atoms with Gasteiger partial charge in [-0.2, -0.15) is 0 Å². The molecule has 1 saturated heterocycles. The van der Waals surface area contributed by atoms with Crippen LogP contribution in [0.2, 0.25) is 5.02 Å². The van der Waals surface area contributed by atoms with Gasteiger partial charge in [-0.1, -0.05) is 29.0 Å². The molecular formula is C18H17ClN4OS. The van der Waals surface area contributed by atoms with Crippen LogP contribution >= 0.6 is 22.9 Å². The normalized spacial score (nSPS) is 17.6. The van der Waals surface area contributed by atoms with Crippen molar-refractivity contribution in [3.63, 3.8) is 0 Å². The SMILES string of the molecule is O=C(Nc1cccc(Cl)c1)C1CCCN(c2nc3cccnc3s2)C1. The molecule has 2 aromatic heterocycles. The van der Waals surface area contributed by atoms with Gasteiger partial charge in [-0.05, 0) is 43.2 Å². The summed E-state index contributed by atoms with van der Waals surface area (Å²) >= 11 is 7.56. The molecule has 4 rings (SSSR count). The van der Waals surface area contributed by atoms with Crippen molar-refractivity contribution in [3.8, 4) is 0 Å². The number of carbonyl (C=O) groups excluding carboxylic acids is 1. The molecule has 3 heterocycles. The summed E-state index contributed by atoms with van der Waals surface area (Å²) in [6.07, 6.45) is 3.63. The molecule has 7 heteroatoms. The van der Waals surface area contributed by atoms with Crippen LogP contribution in [0.25, 0.3) is 10.3 Å². The van der Waals surface area contributed by atoms with E-state index in [1.54, 1.807) is 29.7 Å². The van der Waals surface area contributed by atoms with Crippen LogP contribution in [0.15, 0.2) is 42.6 Å². The molecular weight excluding hydrogens is 356 g/mol. The van der Waals surface area contributed by atoms with Crippen molar-refractivity contribution in [2.24, 2.45) is 5.92 Å². The predicted molar refractivity (Wildman–Crippen MR) is 102 cm³/mol. The van der Waals surface area contributed by atoms with Crippen LogP contribution < -0.4 is 10.2 Å². The van der Waals surface area contributed by atoms with E-state index in [0.717, 1.165) is 40.6 Å². The summed E-state index contributed by atoms with van der Waals surface area (Å²) in [5.74, 6) is -0.0288. The number of rotatable bonds is 3. The van der Waals surface area contributed by atoms with Gasteiger partial charge in [0.05, 0.1) is 5.92 Å². The van der Waals surface area contributed by atoms with Gasteiger partial charge in [-0.15, -0.1) is 0 Å². The Hall–Kier alpha value is -2.18. The molecule has 1 amide bonds. The number of benzene rings is 1. The smallest absolute Gasteiger partial charge is 0.229 e. The zero-order chi connectivity index (χ0) is 17.2. The van der Waals surface area contributed by atoms with Crippen LogP contribution in [0.5, 0.6) is 0 Å². The van der Waals surface area contributed by atoms with E-state index in [4.69, 9.17) is 11.6 Å². The van der Waals surface area contributed by atoms with Gasteiger partial charge in [0, 0.05) is 30.0 Å². The highest BCUT2D eigenvalue weighted by molar-refractivity contribution is 7.21. The van der Waals surface area contributed by atoms with Crippen molar-refractivity contribution in [2.75, 3.05) is 23.3 Å². The largest absolute Gasteiger partial charge is 0.347 e. The second-order valence-electron chi connectivity index (χ2n) is 6.11. The summed E-state index contributed by atoms with van der Waals surface area (Å²) in [6.45, 7) is 1.59. The highest BCUT2D eigenvalue weighted by Gasteiger charge is 2.27. The van der Waals surface area contributed by atoms with Gasteiger partial charge < -0.3 is 10.2 Å². The van der Waals surface area contributed by atoms with Crippen LogP contribution in [0, 0.1) is 5.92 Å². The third-order valence-corrected chi connectivity index (χ3v) is 5.59. The summed E-state index contributed by atoms with van der Waals surface area (Å²) in [5, 5.41) is 4.53. The number of aromatic nitrogens is 2. The van der Waals surface area contributed by atoms with Gasteiger partial charge >= 0.3 is 0 Å². The molecule has 1 N–H and O–H groups in total. The zero-order valence-corrected chi connectivity index (χ0v) is 15.1. The summed E-state index contributed by atoms with van der Waals surface area (Å²) in [7, 11) is 0. The number of nitrogens with one attached hydrogen (secondary N) is 1. The van der Waals surface area contributed by atoms with Gasteiger partial charge in [-0.25, -0.2) is 9.97 Å². The van der Waals surface area contributed by atoms with Crippen molar-refractivity contribution in [1.29, 1.82) is 0 Å². The van der Waals surface area contributed by atoms with E-state index in [1.165, 1.54) is 0 Å².